The molecule has 148 valence electrons. The van der Waals surface area contributed by atoms with Crippen molar-refractivity contribution in [2.45, 2.75) is 45.2 Å². The SMILES string of the molecule is CCC(C)C(NC(=O)CNC(=O)C(CCC(=O)O)NC(=O)CN)C(=O)O. The summed E-state index contributed by atoms with van der Waals surface area (Å²) in [6.45, 7) is 2.55. The molecule has 3 unspecified atom stereocenters. The number of amides is 3. The maximum Gasteiger partial charge on any atom is 0.326 e. The summed E-state index contributed by atoms with van der Waals surface area (Å²) >= 11 is 0. The van der Waals surface area contributed by atoms with Gasteiger partial charge < -0.3 is 31.9 Å². The molecule has 0 rings (SSSR count). The van der Waals surface area contributed by atoms with E-state index in [1.165, 1.54) is 0 Å². The third kappa shape index (κ3) is 8.97. The number of carbonyl (C=O) groups is 5. The average molecular weight is 374 g/mol. The number of hydrogen-bond acceptors (Lipinski definition) is 6. The van der Waals surface area contributed by atoms with E-state index in [-0.39, 0.29) is 25.3 Å². The van der Waals surface area contributed by atoms with E-state index in [1.54, 1.807) is 13.8 Å². The zero-order chi connectivity index (χ0) is 20.3. The Morgan fingerprint density at radius 3 is 2.12 bits per heavy atom. The predicted octanol–water partition coefficient (Wildman–Crippen LogP) is -1.97. The molecule has 0 spiro atoms. The van der Waals surface area contributed by atoms with E-state index in [0.29, 0.717) is 6.42 Å². The van der Waals surface area contributed by atoms with Crippen molar-refractivity contribution in [3.05, 3.63) is 0 Å². The first-order valence-corrected chi connectivity index (χ1v) is 8.13. The van der Waals surface area contributed by atoms with E-state index >= 15 is 0 Å². The zero-order valence-electron chi connectivity index (χ0n) is 14.8. The lowest BCUT2D eigenvalue weighted by atomic mass is 9.99. The number of aliphatic carboxylic acids is 2. The zero-order valence-corrected chi connectivity index (χ0v) is 14.8. The highest BCUT2D eigenvalue weighted by Gasteiger charge is 2.26. The second-order valence-electron chi connectivity index (χ2n) is 5.74. The summed E-state index contributed by atoms with van der Waals surface area (Å²) in [7, 11) is 0. The van der Waals surface area contributed by atoms with Gasteiger partial charge in [-0.3, -0.25) is 19.2 Å². The largest absolute Gasteiger partial charge is 0.481 e. The van der Waals surface area contributed by atoms with Crippen LogP contribution in [0.4, 0.5) is 0 Å². The minimum atomic E-state index is -1.19. The van der Waals surface area contributed by atoms with Crippen molar-refractivity contribution in [1.82, 2.24) is 16.0 Å². The predicted molar refractivity (Wildman–Crippen MR) is 89.9 cm³/mol. The van der Waals surface area contributed by atoms with Gasteiger partial charge in [-0.25, -0.2) is 4.79 Å². The summed E-state index contributed by atoms with van der Waals surface area (Å²) in [6, 6.07) is -2.26. The molecule has 0 fully saturated rings. The van der Waals surface area contributed by atoms with E-state index in [4.69, 9.17) is 15.9 Å². The molecule has 0 aromatic heterocycles. The van der Waals surface area contributed by atoms with Crippen LogP contribution < -0.4 is 21.7 Å². The number of hydrogen-bond donors (Lipinski definition) is 6. The lowest BCUT2D eigenvalue weighted by molar-refractivity contribution is -0.143. The van der Waals surface area contributed by atoms with Gasteiger partial charge in [-0.15, -0.1) is 0 Å². The highest BCUT2D eigenvalue weighted by Crippen LogP contribution is 2.07. The van der Waals surface area contributed by atoms with Crippen LogP contribution in [0.1, 0.15) is 33.1 Å². The van der Waals surface area contributed by atoms with Crippen LogP contribution in [0.25, 0.3) is 0 Å². The van der Waals surface area contributed by atoms with Crippen LogP contribution in [0, 0.1) is 5.92 Å². The van der Waals surface area contributed by atoms with Crippen molar-refractivity contribution in [2.75, 3.05) is 13.1 Å². The molecule has 3 amide bonds. The van der Waals surface area contributed by atoms with E-state index in [0.717, 1.165) is 0 Å². The maximum absolute atomic E-state index is 12.1. The molecule has 3 atom stereocenters. The fourth-order valence-electron chi connectivity index (χ4n) is 1.99. The highest BCUT2D eigenvalue weighted by atomic mass is 16.4. The minimum Gasteiger partial charge on any atom is -0.481 e. The van der Waals surface area contributed by atoms with Crippen molar-refractivity contribution < 1.29 is 34.2 Å². The first-order valence-electron chi connectivity index (χ1n) is 8.13. The number of nitrogens with two attached hydrogens (primary N) is 1. The number of carbonyl (C=O) groups excluding carboxylic acids is 3. The third-order valence-corrected chi connectivity index (χ3v) is 3.70. The Labute approximate surface area is 150 Å². The van der Waals surface area contributed by atoms with Gasteiger partial charge in [-0.05, 0) is 12.3 Å². The summed E-state index contributed by atoms with van der Waals surface area (Å²) in [5.74, 6) is -4.78. The fourth-order valence-corrected chi connectivity index (χ4v) is 1.99. The number of rotatable bonds is 12. The molecule has 0 radical (unpaired) electrons. The van der Waals surface area contributed by atoms with Gasteiger partial charge in [-0.1, -0.05) is 20.3 Å². The van der Waals surface area contributed by atoms with Gasteiger partial charge in [-0.2, -0.15) is 0 Å². The van der Waals surface area contributed by atoms with Crippen molar-refractivity contribution in [3.8, 4) is 0 Å². The van der Waals surface area contributed by atoms with Crippen LogP contribution in [-0.4, -0.2) is 65.0 Å². The quantitative estimate of drug-likeness (QED) is 0.227. The number of carboxylic acids is 2. The molecule has 11 nitrogen and oxygen atoms in total. The van der Waals surface area contributed by atoms with Crippen LogP contribution in [0.3, 0.4) is 0 Å². The Morgan fingerprint density at radius 2 is 1.65 bits per heavy atom. The highest BCUT2D eigenvalue weighted by molar-refractivity contribution is 5.92. The van der Waals surface area contributed by atoms with Crippen LogP contribution in [-0.2, 0) is 24.0 Å². The molecular formula is C15H26N4O7. The lowest BCUT2D eigenvalue weighted by Gasteiger charge is -2.21. The first-order chi connectivity index (χ1) is 12.1. The van der Waals surface area contributed by atoms with Gasteiger partial charge in [0.25, 0.3) is 0 Å². The molecule has 0 aliphatic heterocycles. The van der Waals surface area contributed by atoms with E-state index in [1.807, 2.05) is 0 Å². The van der Waals surface area contributed by atoms with Gasteiger partial charge in [0, 0.05) is 6.42 Å². The average Bonchev–Trinajstić information content (AvgIpc) is 2.59. The van der Waals surface area contributed by atoms with Crippen LogP contribution in [0.2, 0.25) is 0 Å². The number of carboxylic acid groups (broad SMARTS) is 2. The van der Waals surface area contributed by atoms with E-state index < -0.39 is 48.3 Å². The molecule has 26 heavy (non-hydrogen) atoms. The second-order valence-corrected chi connectivity index (χ2v) is 5.74. The Kier molecular flexibility index (Phi) is 10.6. The van der Waals surface area contributed by atoms with E-state index in [2.05, 4.69) is 16.0 Å². The minimum absolute atomic E-state index is 0.181. The standard InChI is InChI=1S/C15H26N4O7/c1-3-8(2)13(15(25)26)19-11(21)7-17-14(24)9(4-5-12(22)23)18-10(20)6-16/h8-9,13H,3-7,16H2,1-2H3,(H,17,24)(H,18,20)(H,19,21)(H,22,23)(H,25,26). The Morgan fingerprint density at radius 1 is 1.04 bits per heavy atom. The Bertz CT molecular complexity index is 538. The molecule has 0 heterocycles. The van der Waals surface area contributed by atoms with Crippen molar-refractivity contribution in [3.63, 3.8) is 0 Å². The van der Waals surface area contributed by atoms with Crippen LogP contribution in [0.15, 0.2) is 0 Å². The van der Waals surface area contributed by atoms with Gasteiger partial charge in [0.1, 0.15) is 12.1 Å². The van der Waals surface area contributed by atoms with Crippen molar-refractivity contribution in [1.29, 1.82) is 0 Å². The van der Waals surface area contributed by atoms with Gasteiger partial charge in [0.05, 0.1) is 13.1 Å². The van der Waals surface area contributed by atoms with E-state index in [9.17, 15) is 24.0 Å². The third-order valence-electron chi connectivity index (χ3n) is 3.70. The van der Waals surface area contributed by atoms with Gasteiger partial charge >= 0.3 is 11.9 Å². The van der Waals surface area contributed by atoms with Crippen LogP contribution in [0.5, 0.6) is 0 Å². The topological polar surface area (TPSA) is 188 Å². The lowest BCUT2D eigenvalue weighted by Crippen LogP contribution is -2.52. The Hall–Kier alpha value is -2.69. The molecular weight excluding hydrogens is 348 g/mol. The molecule has 0 aromatic carbocycles. The smallest absolute Gasteiger partial charge is 0.326 e. The molecule has 0 saturated carbocycles. The monoisotopic (exact) mass is 374 g/mol. The fraction of sp³-hybridized carbons (Fsp3) is 0.667. The second kappa shape index (κ2) is 11.8. The Balaban J connectivity index is 4.71. The van der Waals surface area contributed by atoms with Gasteiger partial charge in [0.15, 0.2) is 0 Å². The van der Waals surface area contributed by atoms with Gasteiger partial charge in [0.2, 0.25) is 17.7 Å². The summed E-state index contributed by atoms with van der Waals surface area (Å²) in [5.41, 5.74) is 5.14. The molecule has 0 aromatic rings. The molecule has 0 saturated heterocycles. The molecule has 0 aliphatic rings. The molecule has 0 bridgehead atoms. The molecule has 0 aliphatic carbocycles. The summed E-state index contributed by atoms with van der Waals surface area (Å²) in [4.78, 5) is 57.1. The normalized spacial score (nSPS) is 13.8. The summed E-state index contributed by atoms with van der Waals surface area (Å²) in [6.07, 6.45) is -0.0185. The molecule has 11 heteroatoms. The number of nitrogens with one attached hydrogen (secondary N) is 3. The first kappa shape index (κ1) is 23.3. The summed E-state index contributed by atoms with van der Waals surface area (Å²) < 4.78 is 0. The van der Waals surface area contributed by atoms with Crippen molar-refractivity contribution in [2.24, 2.45) is 11.7 Å². The van der Waals surface area contributed by atoms with Crippen molar-refractivity contribution >= 4 is 29.7 Å². The summed E-state index contributed by atoms with van der Waals surface area (Å²) in [5, 5.41) is 24.6. The van der Waals surface area contributed by atoms with Crippen LogP contribution >= 0.6 is 0 Å². The maximum atomic E-state index is 12.1. The molecule has 7 N–H and O–H groups in total.